The second-order valence-corrected chi connectivity index (χ2v) is 11.8. The van der Waals surface area contributed by atoms with Gasteiger partial charge in [-0.15, -0.1) is 0 Å². The van der Waals surface area contributed by atoms with Crippen LogP contribution in [0.5, 0.6) is 0 Å². The fourth-order valence-electron chi connectivity index (χ4n) is 3.31. The van der Waals surface area contributed by atoms with Gasteiger partial charge in [0.2, 0.25) is 0 Å². The van der Waals surface area contributed by atoms with Gasteiger partial charge in [0.1, 0.15) is 0 Å². The third-order valence-corrected chi connectivity index (χ3v) is 9.82. The third kappa shape index (κ3) is 4.79. The molecule has 4 aromatic carbocycles. The van der Waals surface area contributed by atoms with Crippen LogP contribution in [0.4, 0.5) is 0 Å². The molecular formula is C25H22O2SSe. The van der Waals surface area contributed by atoms with E-state index < -0.39 is 9.84 Å². The average molecular weight is 465 g/mol. The van der Waals surface area contributed by atoms with Crippen LogP contribution in [0.2, 0.25) is 0 Å². The van der Waals surface area contributed by atoms with Crippen LogP contribution in [0, 0.1) is 6.92 Å². The van der Waals surface area contributed by atoms with Crippen molar-refractivity contribution >= 4 is 40.0 Å². The molecule has 0 aromatic heterocycles. The molecule has 0 radical (unpaired) electrons. The molecule has 0 heterocycles. The number of hydrogen-bond donors (Lipinski definition) is 0. The molecule has 0 saturated heterocycles. The Kier molecular flexibility index (Phi) is 5.86. The van der Waals surface area contributed by atoms with Gasteiger partial charge in [0.05, 0.1) is 0 Å². The monoisotopic (exact) mass is 466 g/mol. The van der Waals surface area contributed by atoms with Crippen molar-refractivity contribution in [3.8, 4) is 0 Å². The number of rotatable bonds is 6. The fourth-order valence-corrected chi connectivity index (χ4v) is 8.21. The van der Waals surface area contributed by atoms with Crippen molar-refractivity contribution in [1.82, 2.24) is 0 Å². The van der Waals surface area contributed by atoms with Gasteiger partial charge in [-0.05, 0) is 0 Å². The standard InChI is InChI=1S/C25H22O2SSe/c1-19-11-15-23(16-12-19)28(26,27)18-25(29-24-9-3-2-4-10-24)22-14-13-20-7-5-6-8-21(20)17-22/h2-17,25H,18H2,1H3. The second-order valence-electron chi connectivity index (χ2n) is 7.12. The molecule has 1 unspecified atom stereocenters. The molecule has 0 saturated carbocycles. The summed E-state index contributed by atoms with van der Waals surface area (Å²) in [7, 11) is -3.38. The average Bonchev–Trinajstić information content (AvgIpc) is 2.74. The van der Waals surface area contributed by atoms with Crippen molar-refractivity contribution in [3.63, 3.8) is 0 Å². The van der Waals surface area contributed by atoms with Crippen molar-refractivity contribution in [2.24, 2.45) is 0 Å². The van der Waals surface area contributed by atoms with Gasteiger partial charge in [-0.1, -0.05) is 0 Å². The second kappa shape index (κ2) is 8.54. The maximum absolute atomic E-state index is 13.2. The van der Waals surface area contributed by atoms with Gasteiger partial charge in [-0.3, -0.25) is 0 Å². The quantitative estimate of drug-likeness (QED) is 0.387. The number of benzene rings is 4. The summed E-state index contributed by atoms with van der Waals surface area (Å²) >= 11 is 0.00147. The van der Waals surface area contributed by atoms with Crippen LogP contribution in [0.3, 0.4) is 0 Å². The molecule has 0 aliphatic carbocycles. The van der Waals surface area contributed by atoms with Crippen molar-refractivity contribution in [1.29, 1.82) is 0 Å². The van der Waals surface area contributed by atoms with Crippen LogP contribution in [0.25, 0.3) is 10.8 Å². The zero-order valence-corrected chi connectivity index (χ0v) is 18.7. The molecule has 4 aromatic rings. The Morgan fingerprint density at radius 3 is 2.14 bits per heavy atom. The predicted octanol–water partition coefficient (Wildman–Crippen LogP) is 4.69. The molecule has 0 bridgehead atoms. The van der Waals surface area contributed by atoms with Gasteiger partial charge in [-0.25, -0.2) is 0 Å². The van der Waals surface area contributed by atoms with Gasteiger partial charge in [0.15, 0.2) is 0 Å². The Hall–Kier alpha value is -2.39. The van der Waals surface area contributed by atoms with Crippen LogP contribution in [-0.2, 0) is 9.84 Å². The third-order valence-electron chi connectivity index (χ3n) is 4.92. The first-order valence-electron chi connectivity index (χ1n) is 9.51. The maximum atomic E-state index is 13.2. The van der Waals surface area contributed by atoms with E-state index in [4.69, 9.17) is 0 Å². The SMILES string of the molecule is Cc1ccc(S(=O)(=O)CC([Se]c2ccccc2)c2ccc3ccccc3c2)cc1. The molecule has 0 spiro atoms. The molecule has 0 fully saturated rings. The van der Waals surface area contributed by atoms with E-state index in [0.717, 1.165) is 16.5 Å². The van der Waals surface area contributed by atoms with Crippen LogP contribution in [0.1, 0.15) is 15.9 Å². The molecule has 4 rings (SSSR count). The van der Waals surface area contributed by atoms with Crippen LogP contribution >= 0.6 is 0 Å². The van der Waals surface area contributed by atoms with Gasteiger partial charge >= 0.3 is 179 Å². The van der Waals surface area contributed by atoms with Gasteiger partial charge < -0.3 is 0 Å². The molecule has 2 nitrogen and oxygen atoms in total. The normalized spacial score (nSPS) is 12.7. The molecular weight excluding hydrogens is 443 g/mol. The van der Waals surface area contributed by atoms with Crippen molar-refractivity contribution in [2.75, 3.05) is 5.75 Å². The Labute approximate surface area is 178 Å². The summed E-state index contributed by atoms with van der Waals surface area (Å²) in [5, 5.41) is 2.31. The molecule has 1 atom stereocenters. The first kappa shape index (κ1) is 19.9. The van der Waals surface area contributed by atoms with E-state index in [1.165, 1.54) is 9.85 Å². The molecule has 29 heavy (non-hydrogen) atoms. The number of fused-ring (bicyclic) bond motifs is 1. The van der Waals surface area contributed by atoms with Gasteiger partial charge in [-0.2, -0.15) is 0 Å². The summed E-state index contributed by atoms with van der Waals surface area (Å²) in [5.41, 5.74) is 2.15. The van der Waals surface area contributed by atoms with Gasteiger partial charge in [0, 0.05) is 0 Å². The summed E-state index contributed by atoms with van der Waals surface area (Å²) in [6.07, 6.45) is 0. The zero-order valence-electron chi connectivity index (χ0n) is 16.2. The number of sulfone groups is 1. The Balaban J connectivity index is 1.72. The number of aryl methyl sites for hydroxylation is 1. The topological polar surface area (TPSA) is 34.1 Å². The van der Waals surface area contributed by atoms with Gasteiger partial charge in [0.25, 0.3) is 0 Å². The Morgan fingerprint density at radius 2 is 1.41 bits per heavy atom. The molecule has 146 valence electrons. The summed E-state index contributed by atoms with van der Waals surface area (Å²) in [4.78, 5) is 0.346. The summed E-state index contributed by atoms with van der Waals surface area (Å²) < 4.78 is 27.6. The van der Waals surface area contributed by atoms with E-state index in [1.807, 2.05) is 49.4 Å². The summed E-state index contributed by atoms with van der Waals surface area (Å²) in [6, 6.07) is 31.9. The fraction of sp³-hybridized carbons (Fsp3) is 0.120. The van der Waals surface area contributed by atoms with E-state index in [9.17, 15) is 8.42 Å². The minimum atomic E-state index is -3.38. The van der Waals surface area contributed by atoms with E-state index in [-0.39, 0.29) is 25.5 Å². The molecule has 0 aliphatic heterocycles. The van der Waals surface area contributed by atoms with E-state index in [2.05, 4.69) is 42.5 Å². The first-order chi connectivity index (χ1) is 14.0. The molecule has 0 N–H and O–H groups in total. The molecule has 4 heteroatoms. The summed E-state index contributed by atoms with van der Waals surface area (Å²) in [6.45, 7) is 1.97. The van der Waals surface area contributed by atoms with Crippen LogP contribution in [-0.4, -0.2) is 29.1 Å². The Bertz CT molecular complexity index is 1220. The molecule has 0 aliphatic rings. The van der Waals surface area contributed by atoms with Crippen molar-refractivity contribution in [3.05, 3.63) is 108 Å². The Morgan fingerprint density at radius 1 is 0.759 bits per heavy atom. The zero-order chi connectivity index (χ0) is 20.3. The van der Waals surface area contributed by atoms with E-state index >= 15 is 0 Å². The summed E-state index contributed by atoms with van der Waals surface area (Å²) in [5.74, 6) is 0.114. The number of hydrogen-bond acceptors (Lipinski definition) is 2. The van der Waals surface area contributed by atoms with Crippen molar-refractivity contribution < 1.29 is 8.42 Å². The van der Waals surface area contributed by atoms with E-state index in [0.29, 0.717) is 4.90 Å². The van der Waals surface area contributed by atoms with Crippen LogP contribution in [0.15, 0.2) is 102 Å². The minimum absolute atomic E-state index is 0.00147. The first-order valence-corrected chi connectivity index (χ1v) is 13.0. The van der Waals surface area contributed by atoms with Crippen LogP contribution < -0.4 is 4.46 Å². The van der Waals surface area contributed by atoms with E-state index in [1.54, 1.807) is 12.1 Å². The molecule has 0 amide bonds. The van der Waals surface area contributed by atoms with Crippen molar-refractivity contribution in [2.45, 2.75) is 16.6 Å². The predicted molar refractivity (Wildman–Crippen MR) is 122 cm³/mol.